The van der Waals surface area contributed by atoms with Gasteiger partial charge >= 0.3 is 5.97 Å². The topological polar surface area (TPSA) is 74.4 Å². The van der Waals surface area contributed by atoms with Gasteiger partial charge in [-0.2, -0.15) is 0 Å². The Kier molecular flexibility index (Phi) is 6.83. The van der Waals surface area contributed by atoms with Crippen molar-refractivity contribution in [3.05, 3.63) is 106 Å². The highest BCUT2D eigenvalue weighted by Crippen LogP contribution is 2.31. The zero-order valence-corrected chi connectivity index (χ0v) is 18.6. The van der Waals surface area contributed by atoms with Crippen molar-refractivity contribution < 1.29 is 14.5 Å². The predicted molar refractivity (Wildman–Crippen MR) is 129 cm³/mol. The third-order valence-electron chi connectivity index (χ3n) is 5.74. The summed E-state index contributed by atoms with van der Waals surface area (Å²) in [5.74, 6) is -0.209. The van der Waals surface area contributed by atoms with Gasteiger partial charge in [0.2, 0.25) is 0 Å². The molecule has 1 aromatic heterocycles. The van der Waals surface area contributed by atoms with Crippen LogP contribution >= 0.6 is 0 Å². The fraction of sp³-hybridized carbons (Fsp3) is 0.222. The van der Waals surface area contributed by atoms with Gasteiger partial charge in [0.05, 0.1) is 17.0 Å². The largest absolute Gasteiger partial charge is 0.466 e. The third kappa shape index (κ3) is 5.12. The molecule has 0 bridgehead atoms. The molecule has 0 spiro atoms. The van der Waals surface area contributed by atoms with Gasteiger partial charge in [0.15, 0.2) is 0 Å². The van der Waals surface area contributed by atoms with Crippen LogP contribution in [-0.4, -0.2) is 22.1 Å². The van der Waals surface area contributed by atoms with E-state index in [2.05, 4.69) is 18.2 Å². The summed E-state index contributed by atoms with van der Waals surface area (Å²) >= 11 is 0. The minimum absolute atomic E-state index is 0.0652. The van der Waals surface area contributed by atoms with Gasteiger partial charge in [0, 0.05) is 24.1 Å². The number of carbonyl (C=O) groups excluding carboxylic acids is 1. The van der Waals surface area contributed by atoms with Crippen LogP contribution in [0.15, 0.2) is 79.0 Å². The van der Waals surface area contributed by atoms with Crippen molar-refractivity contribution in [2.45, 2.75) is 32.6 Å². The van der Waals surface area contributed by atoms with Gasteiger partial charge in [-0.05, 0) is 61.1 Å². The summed E-state index contributed by atoms with van der Waals surface area (Å²) in [5, 5.41) is 12.7. The van der Waals surface area contributed by atoms with Crippen molar-refractivity contribution in [2.75, 3.05) is 6.61 Å². The lowest BCUT2D eigenvalue weighted by atomic mass is 10.0. The van der Waals surface area contributed by atoms with Crippen LogP contribution < -0.4 is 0 Å². The molecule has 0 N–H and O–H groups in total. The molecule has 0 saturated heterocycles. The average molecular weight is 443 g/mol. The Morgan fingerprint density at radius 2 is 1.70 bits per heavy atom. The van der Waals surface area contributed by atoms with Crippen LogP contribution in [0.3, 0.4) is 0 Å². The first kappa shape index (κ1) is 22.3. The first-order chi connectivity index (χ1) is 16.1. The van der Waals surface area contributed by atoms with E-state index in [1.54, 1.807) is 19.1 Å². The number of carbonyl (C=O) groups is 1. The summed E-state index contributed by atoms with van der Waals surface area (Å²) in [6.07, 6.45) is 4.58. The molecule has 4 rings (SSSR count). The maximum atomic E-state index is 11.8. The molecule has 0 aliphatic heterocycles. The van der Waals surface area contributed by atoms with E-state index < -0.39 is 0 Å². The van der Waals surface area contributed by atoms with Gasteiger partial charge in [0.25, 0.3) is 5.69 Å². The minimum Gasteiger partial charge on any atom is -0.466 e. The zero-order chi connectivity index (χ0) is 23.2. The number of rotatable bonds is 9. The SMILES string of the molecule is CCOC(=O)CCc1ccc2c(c1)c(CCc1ccccc1)cn2-c1ccccc1[N+](=O)[O-]. The molecule has 168 valence electrons. The van der Waals surface area contributed by atoms with Crippen molar-refractivity contribution in [1.29, 1.82) is 0 Å². The third-order valence-corrected chi connectivity index (χ3v) is 5.74. The molecule has 1 heterocycles. The second kappa shape index (κ2) is 10.1. The Hall–Kier alpha value is -3.93. The molecule has 6 nitrogen and oxygen atoms in total. The van der Waals surface area contributed by atoms with E-state index in [1.807, 2.05) is 47.2 Å². The van der Waals surface area contributed by atoms with Crippen LogP contribution in [0.2, 0.25) is 0 Å². The standard InChI is InChI=1S/C27H26N2O4/c1-2-33-27(30)17-14-21-13-16-24-23(18-21)22(15-12-20-8-4-3-5-9-20)19-28(24)25-10-6-7-11-26(25)29(31)32/h3-11,13,16,18-19H,2,12,14-15,17H2,1H3. The van der Waals surface area contributed by atoms with Crippen LogP contribution in [0.4, 0.5) is 5.69 Å². The molecule has 33 heavy (non-hydrogen) atoms. The lowest BCUT2D eigenvalue weighted by Crippen LogP contribution is -2.05. The van der Waals surface area contributed by atoms with Crippen LogP contribution in [0, 0.1) is 10.1 Å². The summed E-state index contributed by atoms with van der Waals surface area (Å²) in [4.78, 5) is 23.1. The first-order valence-electron chi connectivity index (χ1n) is 11.1. The molecule has 0 saturated carbocycles. The fourth-order valence-electron chi connectivity index (χ4n) is 4.12. The lowest BCUT2D eigenvalue weighted by molar-refractivity contribution is -0.384. The second-order valence-electron chi connectivity index (χ2n) is 7.91. The van der Waals surface area contributed by atoms with Crippen LogP contribution in [-0.2, 0) is 28.8 Å². The summed E-state index contributed by atoms with van der Waals surface area (Å²) in [6.45, 7) is 2.18. The average Bonchev–Trinajstić information content (AvgIpc) is 3.20. The molecule has 3 aromatic carbocycles. The van der Waals surface area contributed by atoms with Gasteiger partial charge in [-0.25, -0.2) is 0 Å². The highest BCUT2D eigenvalue weighted by atomic mass is 16.6. The Bertz CT molecular complexity index is 1280. The maximum absolute atomic E-state index is 11.8. The predicted octanol–water partition coefficient (Wildman–Crippen LogP) is 5.82. The van der Waals surface area contributed by atoms with Gasteiger partial charge < -0.3 is 9.30 Å². The quantitative estimate of drug-likeness (QED) is 0.186. The molecular formula is C27H26N2O4. The monoisotopic (exact) mass is 442 g/mol. The van der Waals surface area contributed by atoms with E-state index in [4.69, 9.17) is 4.74 Å². The van der Waals surface area contributed by atoms with E-state index in [0.717, 1.165) is 34.9 Å². The molecule has 6 heteroatoms. The number of nitrogens with zero attached hydrogens (tertiary/aromatic N) is 2. The van der Waals surface area contributed by atoms with Crippen molar-refractivity contribution in [1.82, 2.24) is 4.57 Å². The summed E-state index contributed by atoms with van der Waals surface area (Å²) in [6, 6.07) is 23.1. The van der Waals surface area contributed by atoms with Gasteiger partial charge in [-0.15, -0.1) is 0 Å². The van der Waals surface area contributed by atoms with Crippen LogP contribution in [0.25, 0.3) is 16.6 Å². The highest BCUT2D eigenvalue weighted by molar-refractivity contribution is 5.87. The summed E-state index contributed by atoms with van der Waals surface area (Å²) in [5.41, 5.74) is 4.91. The summed E-state index contributed by atoms with van der Waals surface area (Å²) in [7, 11) is 0. The van der Waals surface area contributed by atoms with Gasteiger partial charge in [0.1, 0.15) is 5.69 Å². The highest BCUT2D eigenvalue weighted by Gasteiger charge is 2.18. The molecule has 4 aromatic rings. The summed E-state index contributed by atoms with van der Waals surface area (Å²) < 4.78 is 6.96. The molecule has 0 aliphatic rings. The van der Waals surface area contributed by atoms with Crippen molar-refractivity contribution in [2.24, 2.45) is 0 Å². The number of esters is 1. The number of benzene rings is 3. The molecule has 0 amide bonds. The normalized spacial score (nSPS) is 10.9. The van der Waals surface area contributed by atoms with E-state index in [0.29, 0.717) is 25.1 Å². The number of para-hydroxylation sites is 2. The number of aryl methyl sites for hydroxylation is 3. The number of fused-ring (bicyclic) bond motifs is 1. The minimum atomic E-state index is -0.349. The molecule has 0 radical (unpaired) electrons. The van der Waals surface area contributed by atoms with Crippen LogP contribution in [0.5, 0.6) is 0 Å². The Morgan fingerprint density at radius 3 is 2.45 bits per heavy atom. The Balaban J connectivity index is 1.74. The smallest absolute Gasteiger partial charge is 0.306 e. The maximum Gasteiger partial charge on any atom is 0.306 e. The first-order valence-corrected chi connectivity index (χ1v) is 11.1. The number of hydrogen-bond donors (Lipinski definition) is 0. The fourth-order valence-corrected chi connectivity index (χ4v) is 4.12. The Morgan fingerprint density at radius 1 is 0.939 bits per heavy atom. The lowest BCUT2D eigenvalue weighted by Gasteiger charge is -2.07. The van der Waals surface area contributed by atoms with Crippen molar-refractivity contribution in [3.8, 4) is 5.69 Å². The van der Waals surface area contributed by atoms with Crippen molar-refractivity contribution >= 4 is 22.6 Å². The number of ether oxygens (including phenoxy) is 1. The van der Waals surface area contributed by atoms with Crippen molar-refractivity contribution in [3.63, 3.8) is 0 Å². The van der Waals surface area contributed by atoms with Crippen LogP contribution in [0.1, 0.15) is 30.0 Å². The number of hydrogen-bond acceptors (Lipinski definition) is 4. The van der Waals surface area contributed by atoms with E-state index in [-0.39, 0.29) is 16.6 Å². The second-order valence-corrected chi connectivity index (χ2v) is 7.91. The number of nitro groups is 1. The molecule has 0 unspecified atom stereocenters. The molecular weight excluding hydrogens is 416 g/mol. The number of nitro benzene ring substituents is 1. The van der Waals surface area contributed by atoms with Gasteiger partial charge in [-0.3, -0.25) is 14.9 Å². The van der Waals surface area contributed by atoms with E-state index >= 15 is 0 Å². The molecule has 0 fully saturated rings. The molecule has 0 atom stereocenters. The Labute approximate surface area is 192 Å². The number of aromatic nitrogens is 1. The van der Waals surface area contributed by atoms with E-state index in [1.165, 1.54) is 11.6 Å². The van der Waals surface area contributed by atoms with Gasteiger partial charge in [-0.1, -0.05) is 48.5 Å². The zero-order valence-electron chi connectivity index (χ0n) is 18.6. The van der Waals surface area contributed by atoms with E-state index in [9.17, 15) is 14.9 Å². The molecule has 0 aliphatic carbocycles.